The van der Waals surface area contributed by atoms with Crippen molar-refractivity contribution in [2.75, 3.05) is 7.05 Å². The van der Waals surface area contributed by atoms with Crippen LogP contribution in [0.5, 0.6) is 0 Å². The van der Waals surface area contributed by atoms with Crippen LogP contribution in [0.1, 0.15) is 37.3 Å². The maximum atomic E-state index is 12.1. The van der Waals surface area contributed by atoms with Crippen LogP contribution in [-0.2, 0) is 17.8 Å². The van der Waals surface area contributed by atoms with Crippen LogP contribution in [0.25, 0.3) is 0 Å². The van der Waals surface area contributed by atoms with Gasteiger partial charge in [0.2, 0.25) is 5.91 Å². The molecule has 1 aromatic rings. The molecule has 1 saturated carbocycles. The molecule has 104 valence electrons. The summed E-state index contributed by atoms with van der Waals surface area (Å²) in [7, 11) is 1.86. The summed E-state index contributed by atoms with van der Waals surface area (Å²) in [6.45, 7) is 2.81. The third-order valence-electron chi connectivity index (χ3n) is 3.91. The summed E-state index contributed by atoms with van der Waals surface area (Å²) in [5, 5.41) is 0. The molecule has 0 aliphatic heterocycles. The largest absolute Gasteiger partial charge is 0.341 e. The second-order valence-electron chi connectivity index (χ2n) is 5.63. The molecule has 1 aliphatic carbocycles. The SMILES string of the molecule is CCc1ccc(CN(C)C(=O)CC(N)C2CC2)cc1. The highest BCUT2D eigenvalue weighted by Gasteiger charge is 2.30. The van der Waals surface area contributed by atoms with Gasteiger partial charge in [-0.1, -0.05) is 31.2 Å². The van der Waals surface area contributed by atoms with Gasteiger partial charge in [-0.25, -0.2) is 0 Å². The Bertz CT molecular complexity index is 423. The first-order valence-electron chi connectivity index (χ1n) is 7.17. The Labute approximate surface area is 115 Å². The molecule has 1 aromatic carbocycles. The second-order valence-corrected chi connectivity index (χ2v) is 5.63. The van der Waals surface area contributed by atoms with Crippen molar-refractivity contribution in [2.24, 2.45) is 11.7 Å². The molecule has 0 saturated heterocycles. The lowest BCUT2D eigenvalue weighted by atomic mass is 10.1. The van der Waals surface area contributed by atoms with Gasteiger partial charge in [0.25, 0.3) is 0 Å². The van der Waals surface area contributed by atoms with Gasteiger partial charge in [0.05, 0.1) is 0 Å². The summed E-state index contributed by atoms with van der Waals surface area (Å²) in [5.74, 6) is 0.736. The van der Waals surface area contributed by atoms with E-state index in [1.807, 2.05) is 7.05 Å². The van der Waals surface area contributed by atoms with E-state index in [1.54, 1.807) is 4.90 Å². The van der Waals surface area contributed by atoms with Crippen LogP contribution in [0.4, 0.5) is 0 Å². The van der Waals surface area contributed by atoms with E-state index in [2.05, 4.69) is 31.2 Å². The molecule has 0 bridgehead atoms. The minimum atomic E-state index is 0.0532. The zero-order chi connectivity index (χ0) is 13.8. The number of hydrogen-bond donors (Lipinski definition) is 1. The third-order valence-corrected chi connectivity index (χ3v) is 3.91. The molecule has 2 rings (SSSR count). The molecule has 0 aromatic heterocycles. The van der Waals surface area contributed by atoms with E-state index >= 15 is 0 Å². The highest BCUT2D eigenvalue weighted by atomic mass is 16.2. The van der Waals surface area contributed by atoms with Crippen LogP contribution in [0.3, 0.4) is 0 Å². The highest BCUT2D eigenvalue weighted by Crippen LogP contribution is 2.32. The van der Waals surface area contributed by atoms with E-state index in [4.69, 9.17) is 5.73 Å². The molecule has 1 atom stereocenters. The van der Waals surface area contributed by atoms with Crippen molar-refractivity contribution in [3.8, 4) is 0 Å². The summed E-state index contributed by atoms with van der Waals surface area (Å²) >= 11 is 0. The molecule has 2 N–H and O–H groups in total. The van der Waals surface area contributed by atoms with Crippen molar-refractivity contribution in [3.05, 3.63) is 35.4 Å². The van der Waals surface area contributed by atoms with Gasteiger partial charge in [-0.2, -0.15) is 0 Å². The number of carbonyl (C=O) groups excluding carboxylic acids is 1. The summed E-state index contributed by atoms with van der Waals surface area (Å²) in [5.41, 5.74) is 8.50. The molecule has 0 radical (unpaired) electrons. The van der Waals surface area contributed by atoms with Gasteiger partial charge in [-0.15, -0.1) is 0 Å². The predicted molar refractivity (Wildman–Crippen MR) is 77.6 cm³/mol. The summed E-state index contributed by atoms with van der Waals surface area (Å²) in [6, 6.07) is 8.51. The molecule has 19 heavy (non-hydrogen) atoms. The summed E-state index contributed by atoms with van der Waals surface area (Å²) in [6.07, 6.45) is 3.91. The van der Waals surface area contributed by atoms with Crippen LogP contribution in [-0.4, -0.2) is 23.9 Å². The predicted octanol–water partition coefficient (Wildman–Crippen LogP) is 2.33. The number of aryl methyl sites for hydroxylation is 1. The number of carbonyl (C=O) groups is 1. The van der Waals surface area contributed by atoms with Crippen LogP contribution >= 0.6 is 0 Å². The Balaban J connectivity index is 1.84. The first kappa shape index (κ1) is 14.1. The van der Waals surface area contributed by atoms with Crippen molar-refractivity contribution in [2.45, 2.75) is 45.2 Å². The monoisotopic (exact) mass is 260 g/mol. The van der Waals surface area contributed by atoms with Crippen LogP contribution in [0.15, 0.2) is 24.3 Å². The van der Waals surface area contributed by atoms with E-state index in [1.165, 1.54) is 24.0 Å². The average Bonchev–Trinajstić information content (AvgIpc) is 3.23. The maximum absolute atomic E-state index is 12.1. The van der Waals surface area contributed by atoms with Crippen molar-refractivity contribution in [3.63, 3.8) is 0 Å². The Morgan fingerprint density at radius 2 is 1.89 bits per heavy atom. The molecule has 1 fully saturated rings. The molecular formula is C16H24N2O. The van der Waals surface area contributed by atoms with E-state index in [9.17, 15) is 4.79 Å². The number of rotatable bonds is 6. The lowest BCUT2D eigenvalue weighted by Crippen LogP contribution is -2.34. The first-order valence-corrected chi connectivity index (χ1v) is 7.17. The van der Waals surface area contributed by atoms with E-state index in [-0.39, 0.29) is 11.9 Å². The smallest absolute Gasteiger partial charge is 0.224 e. The van der Waals surface area contributed by atoms with Crippen molar-refractivity contribution >= 4 is 5.91 Å². The number of amides is 1. The van der Waals surface area contributed by atoms with Gasteiger partial charge in [0.15, 0.2) is 0 Å². The highest BCUT2D eigenvalue weighted by molar-refractivity contribution is 5.76. The van der Waals surface area contributed by atoms with Gasteiger partial charge < -0.3 is 10.6 Å². The first-order chi connectivity index (χ1) is 9.10. The number of nitrogens with zero attached hydrogens (tertiary/aromatic N) is 1. The van der Waals surface area contributed by atoms with Crippen molar-refractivity contribution < 1.29 is 4.79 Å². The Morgan fingerprint density at radius 3 is 2.42 bits per heavy atom. The molecule has 3 nitrogen and oxygen atoms in total. The van der Waals surface area contributed by atoms with Gasteiger partial charge >= 0.3 is 0 Å². The molecular weight excluding hydrogens is 236 g/mol. The van der Waals surface area contributed by atoms with Crippen molar-refractivity contribution in [1.29, 1.82) is 0 Å². The standard InChI is InChI=1S/C16H24N2O/c1-3-12-4-6-13(7-5-12)11-18(2)16(19)10-15(17)14-8-9-14/h4-7,14-15H,3,8-11,17H2,1-2H3. The van der Waals surface area contributed by atoms with Crippen LogP contribution in [0.2, 0.25) is 0 Å². The fourth-order valence-electron chi connectivity index (χ4n) is 2.29. The third kappa shape index (κ3) is 4.06. The van der Waals surface area contributed by atoms with E-state index in [0.717, 1.165) is 6.42 Å². The molecule has 3 heteroatoms. The van der Waals surface area contributed by atoms with E-state index in [0.29, 0.717) is 18.9 Å². The Morgan fingerprint density at radius 1 is 1.32 bits per heavy atom. The second kappa shape index (κ2) is 6.20. The maximum Gasteiger partial charge on any atom is 0.224 e. The Kier molecular flexibility index (Phi) is 4.59. The zero-order valence-corrected chi connectivity index (χ0v) is 11.9. The lowest BCUT2D eigenvalue weighted by Gasteiger charge is -2.19. The van der Waals surface area contributed by atoms with Crippen LogP contribution in [0, 0.1) is 5.92 Å². The molecule has 1 unspecified atom stereocenters. The molecule has 1 aliphatic rings. The van der Waals surface area contributed by atoms with Crippen LogP contribution < -0.4 is 5.73 Å². The van der Waals surface area contributed by atoms with Gasteiger partial charge in [-0.05, 0) is 36.3 Å². The minimum Gasteiger partial charge on any atom is -0.341 e. The molecule has 0 spiro atoms. The fraction of sp³-hybridized carbons (Fsp3) is 0.562. The van der Waals surface area contributed by atoms with Crippen molar-refractivity contribution in [1.82, 2.24) is 4.90 Å². The quantitative estimate of drug-likeness (QED) is 0.853. The summed E-state index contributed by atoms with van der Waals surface area (Å²) in [4.78, 5) is 13.8. The average molecular weight is 260 g/mol. The van der Waals surface area contributed by atoms with E-state index < -0.39 is 0 Å². The summed E-state index contributed by atoms with van der Waals surface area (Å²) < 4.78 is 0. The number of nitrogens with two attached hydrogens (primary N) is 1. The van der Waals surface area contributed by atoms with Gasteiger partial charge in [-0.3, -0.25) is 4.79 Å². The molecule has 0 heterocycles. The Hall–Kier alpha value is -1.35. The number of hydrogen-bond acceptors (Lipinski definition) is 2. The fourth-order valence-corrected chi connectivity index (χ4v) is 2.29. The lowest BCUT2D eigenvalue weighted by molar-refractivity contribution is -0.130. The molecule has 1 amide bonds. The normalized spacial score (nSPS) is 16.2. The topological polar surface area (TPSA) is 46.3 Å². The minimum absolute atomic E-state index is 0.0532. The number of benzene rings is 1. The van der Waals surface area contributed by atoms with Gasteiger partial charge in [0.1, 0.15) is 0 Å². The van der Waals surface area contributed by atoms with Gasteiger partial charge in [0, 0.05) is 26.1 Å². The zero-order valence-electron chi connectivity index (χ0n) is 11.9.